The Hall–Kier alpha value is -0.960. The van der Waals surface area contributed by atoms with E-state index in [0.29, 0.717) is 0 Å². The molecule has 0 saturated heterocycles. The topological polar surface area (TPSA) is 15.8 Å². The maximum atomic E-state index is 6.27. The molecule has 0 radical (unpaired) electrons. The van der Waals surface area contributed by atoms with Gasteiger partial charge in [0.05, 0.1) is 14.9 Å². The molecule has 1 N–H and O–H groups in total. The second kappa shape index (κ2) is 4.61. The van der Waals surface area contributed by atoms with Gasteiger partial charge >= 0.3 is 0 Å². The molecule has 0 bridgehead atoms. The van der Waals surface area contributed by atoms with Crippen LogP contribution in [0.4, 0.5) is 0 Å². The minimum Gasteiger partial charge on any atom is -0.360 e. The minimum absolute atomic E-state index is 0.743. The number of benzene rings is 1. The number of thiophene rings is 1. The predicted octanol–water partition coefficient (Wildman–Crippen LogP) is 5.77. The van der Waals surface area contributed by atoms with Crippen LogP contribution in [-0.4, -0.2) is 4.98 Å². The SMILES string of the molecule is CCc1cc(-c2sccc2Cl)c2c(Cl)c[nH]c2c1. The summed E-state index contributed by atoms with van der Waals surface area (Å²) in [6.45, 7) is 2.14. The summed E-state index contributed by atoms with van der Waals surface area (Å²) in [5, 5.41) is 4.58. The Kier molecular flexibility index (Phi) is 3.10. The third kappa shape index (κ3) is 1.85. The number of H-pyrrole nitrogens is 1. The average molecular weight is 296 g/mol. The zero-order valence-corrected chi connectivity index (χ0v) is 12.1. The molecule has 0 aliphatic heterocycles. The third-order valence-corrected chi connectivity index (χ3v) is 4.73. The van der Waals surface area contributed by atoms with Gasteiger partial charge in [-0.1, -0.05) is 30.1 Å². The smallest absolute Gasteiger partial charge is 0.0665 e. The molecule has 0 spiro atoms. The first-order chi connectivity index (χ1) is 8.70. The first-order valence-corrected chi connectivity index (χ1v) is 7.37. The van der Waals surface area contributed by atoms with Crippen molar-refractivity contribution in [3.63, 3.8) is 0 Å². The highest BCUT2D eigenvalue weighted by atomic mass is 35.5. The lowest BCUT2D eigenvalue weighted by atomic mass is 10.0. The van der Waals surface area contributed by atoms with Crippen LogP contribution in [0.25, 0.3) is 21.3 Å². The van der Waals surface area contributed by atoms with Crippen molar-refractivity contribution in [2.45, 2.75) is 13.3 Å². The van der Waals surface area contributed by atoms with E-state index < -0.39 is 0 Å². The highest BCUT2D eigenvalue weighted by Gasteiger charge is 2.14. The minimum atomic E-state index is 0.743. The Balaban J connectivity index is 2.39. The maximum absolute atomic E-state index is 6.27. The summed E-state index contributed by atoms with van der Waals surface area (Å²) in [4.78, 5) is 4.30. The number of aromatic amines is 1. The summed E-state index contributed by atoms with van der Waals surface area (Å²) in [7, 11) is 0. The van der Waals surface area contributed by atoms with Crippen molar-refractivity contribution in [3.8, 4) is 10.4 Å². The zero-order chi connectivity index (χ0) is 12.7. The van der Waals surface area contributed by atoms with Crippen molar-refractivity contribution in [1.29, 1.82) is 0 Å². The van der Waals surface area contributed by atoms with Gasteiger partial charge in [-0.2, -0.15) is 0 Å². The monoisotopic (exact) mass is 295 g/mol. The second-order valence-electron chi connectivity index (χ2n) is 4.15. The number of halogens is 2. The van der Waals surface area contributed by atoms with E-state index in [1.54, 1.807) is 11.3 Å². The molecule has 18 heavy (non-hydrogen) atoms. The van der Waals surface area contributed by atoms with Gasteiger partial charge in [-0.05, 0) is 35.6 Å². The van der Waals surface area contributed by atoms with Crippen molar-refractivity contribution >= 4 is 45.4 Å². The molecular formula is C14H11Cl2NS. The number of nitrogens with one attached hydrogen (secondary N) is 1. The number of rotatable bonds is 2. The van der Waals surface area contributed by atoms with E-state index in [2.05, 4.69) is 24.0 Å². The van der Waals surface area contributed by atoms with E-state index in [1.165, 1.54) is 5.56 Å². The van der Waals surface area contributed by atoms with E-state index in [9.17, 15) is 0 Å². The normalized spacial score (nSPS) is 11.3. The van der Waals surface area contributed by atoms with Gasteiger partial charge in [0.15, 0.2) is 0 Å². The Morgan fingerprint density at radius 3 is 2.72 bits per heavy atom. The fraction of sp³-hybridized carbons (Fsp3) is 0.143. The Morgan fingerprint density at radius 2 is 2.06 bits per heavy atom. The molecule has 1 nitrogen and oxygen atoms in total. The third-order valence-electron chi connectivity index (χ3n) is 3.06. The lowest BCUT2D eigenvalue weighted by molar-refractivity contribution is 1.15. The standard InChI is InChI=1S/C14H11Cl2NS/c1-2-8-5-9(14-10(15)3-4-18-14)13-11(16)7-17-12(13)6-8/h3-7,17H,2H2,1H3. The van der Waals surface area contributed by atoms with E-state index in [1.807, 2.05) is 17.6 Å². The average Bonchev–Trinajstić information content (AvgIpc) is 2.95. The summed E-state index contributed by atoms with van der Waals surface area (Å²) in [5.41, 5.74) is 3.47. The number of fused-ring (bicyclic) bond motifs is 1. The van der Waals surface area contributed by atoms with E-state index in [4.69, 9.17) is 23.2 Å². The lowest BCUT2D eigenvalue weighted by Gasteiger charge is -2.06. The fourth-order valence-electron chi connectivity index (χ4n) is 2.16. The van der Waals surface area contributed by atoms with Gasteiger partial charge in [0.2, 0.25) is 0 Å². The molecule has 0 aliphatic carbocycles. The van der Waals surface area contributed by atoms with Crippen molar-refractivity contribution in [3.05, 3.63) is 45.4 Å². The first-order valence-electron chi connectivity index (χ1n) is 5.73. The molecular weight excluding hydrogens is 285 g/mol. The van der Waals surface area contributed by atoms with Crippen LogP contribution < -0.4 is 0 Å². The Labute approximate surface area is 119 Å². The Morgan fingerprint density at radius 1 is 1.22 bits per heavy atom. The number of aromatic nitrogens is 1. The van der Waals surface area contributed by atoms with Gasteiger partial charge in [0.1, 0.15) is 0 Å². The van der Waals surface area contributed by atoms with Gasteiger partial charge in [0, 0.05) is 22.7 Å². The van der Waals surface area contributed by atoms with Gasteiger partial charge in [0.25, 0.3) is 0 Å². The van der Waals surface area contributed by atoms with Crippen molar-refractivity contribution in [2.75, 3.05) is 0 Å². The van der Waals surface area contributed by atoms with Gasteiger partial charge in [-0.15, -0.1) is 11.3 Å². The number of hydrogen-bond acceptors (Lipinski definition) is 1. The maximum Gasteiger partial charge on any atom is 0.0665 e. The molecule has 3 aromatic rings. The molecule has 0 saturated carbocycles. The van der Waals surface area contributed by atoms with Crippen molar-refractivity contribution in [2.24, 2.45) is 0 Å². The number of aryl methyl sites for hydroxylation is 1. The van der Waals surface area contributed by atoms with Crippen LogP contribution in [-0.2, 0) is 6.42 Å². The first kappa shape index (κ1) is 12.1. The van der Waals surface area contributed by atoms with Crippen LogP contribution in [0.3, 0.4) is 0 Å². The summed E-state index contributed by atoms with van der Waals surface area (Å²) in [5.74, 6) is 0. The summed E-state index contributed by atoms with van der Waals surface area (Å²) >= 11 is 14.2. The van der Waals surface area contributed by atoms with Gasteiger partial charge < -0.3 is 4.98 Å². The van der Waals surface area contributed by atoms with Crippen LogP contribution >= 0.6 is 34.5 Å². The molecule has 2 aromatic heterocycles. The van der Waals surface area contributed by atoms with Crippen LogP contribution in [0.2, 0.25) is 10.0 Å². The van der Waals surface area contributed by atoms with Gasteiger partial charge in [-0.3, -0.25) is 0 Å². The van der Waals surface area contributed by atoms with E-state index in [0.717, 1.165) is 37.8 Å². The molecule has 4 heteroatoms. The molecule has 0 atom stereocenters. The molecule has 1 aromatic carbocycles. The van der Waals surface area contributed by atoms with Crippen LogP contribution in [0.1, 0.15) is 12.5 Å². The van der Waals surface area contributed by atoms with Crippen LogP contribution in [0, 0.1) is 0 Å². The highest BCUT2D eigenvalue weighted by Crippen LogP contribution is 2.40. The molecule has 0 amide bonds. The fourth-order valence-corrected chi connectivity index (χ4v) is 3.60. The Bertz CT molecular complexity index is 712. The van der Waals surface area contributed by atoms with Crippen molar-refractivity contribution in [1.82, 2.24) is 4.98 Å². The molecule has 0 aliphatic rings. The van der Waals surface area contributed by atoms with E-state index >= 15 is 0 Å². The molecule has 92 valence electrons. The molecule has 0 unspecified atom stereocenters. The second-order valence-corrected chi connectivity index (χ2v) is 5.88. The quantitative estimate of drug-likeness (QED) is 0.618. The van der Waals surface area contributed by atoms with Crippen LogP contribution in [0.5, 0.6) is 0 Å². The molecule has 0 fully saturated rings. The predicted molar refractivity (Wildman–Crippen MR) is 81.0 cm³/mol. The summed E-state index contributed by atoms with van der Waals surface area (Å²) < 4.78 is 0. The van der Waals surface area contributed by atoms with E-state index in [-0.39, 0.29) is 0 Å². The molecule has 2 heterocycles. The highest BCUT2D eigenvalue weighted by molar-refractivity contribution is 7.14. The largest absolute Gasteiger partial charge is 0.360 e. The zero-order valence-electron chi connectivity index (χ0n) is 9.76. The van der Waals surface area contributed by atoms with Gasteiger partial charge in [-0.25, -0.2) is 0 Å². The lowest BCUT2D eigenvalue weighted by Crippen LogP contribution is -1.84. The van der Waals surface area contributed by atoms with Crippen molar-refractivity contribution < 1.29 is 0 Å². The molecule has 3 rings (SSSR count). The van der Waals surface area contributed by atoms with Crippen LogP contribution in [0.15, 0.2) is 29.8 Å². The summed E-state index contributed by atoms with van der Waals surface area (Å²) in [6.07, 6.45) is 2.82. The number of hydrogen-bond donors (Lipinski definition) is 1. The summed E-state index contributed by atoms with van der Waals surface area (Å²) in [6, 6.07) is 6.25.